The van der Waals surface area contributed by atoms with Crippen molar-refractivity contribution >= 4 is 11.3 Å². The zero-order chi connectivity index (χ0) is 12.5. The van der Waals surface area contributed by atoms with E-state index in [-0.39, 0.29) is 0 Å². The Morgan fingerprint density at radius 2 is 2.24 bits per heavy atom. The molecule has 2 aromatic rings. The van der Waals surface area contributed by atoms with E-state index in [2.05, 4.69) is 9.97 Å². The molecule has 17 heavy (non-hydrogen) atoms. The van der Waals surface area contributed by atoms with E-state index in [9.17, 15) is 9.50 Å². The van der Waals surface area contributed by atoms with E-state index < -0.39 is 11.4 Å². The monoisotopic (exact) mass is 252 g/mol. The number of thiazole rings is 1. The third-order valence-electron chi connectivity index (χ3n) is 2.47. The van der Waals surface area contributed by atoms with Crippen molar-refractivity contribution in [3.8, 4) is 0 Å². The van der Waals surface area contributed by atoms with Crippen molar-refractivity contribution < 1.29 is 9.50 Å². The summed E-state index contributed by atoms with van der Waals surface area (Å²) >= 11 is 1.54. The Morgan fingerprint density at radius 1 is 1.47 bits per heavy atom. The van der Waals surface area contributed by atoms with Crippen molar-refractivity contribution in [2.24, 2.45) is 0 Å². The van der Waals surface area contributed by atoms with E-state index in [0.29, 0.717) is 12.1 Å². The molecule has 2 heterocycles. The number of rotatable bonds is 3. The van der Waals surface area contributed by atoms with Crippen molar-refractivity contribution in [2.75, 3.05) is 0 Å². The van der Waals surface area contributed by atoms with Gasteiger partial charge in [0.1, 0.15) is 11.4 Å². The van der Waals surface area contributed by atoms with Gasteiger partial charge in [0.25, 0.3) is 0 Å². The first-order valence-corrected chi connectivity index (χ1v) is 6.11. The van der Waals surface area contributed by atoms with Gasteiger partial charge in [0.15, 0.2) is 0 Å². The van der Waals surface area contributed by atoms with Gasteiger partial charge in [-0.15, -0.1) is 11.3 Å². The number of aryl methyl sites for hydroxylation is 1. The van der Waals surface area contributed by atoms with Crippen molar-refractivity contribution in [2.45, 2.75) is 25.9 Å². The first-order valence-electron chi connectivity index (χ1n) is 5.23. The highest BCUT2D eigenvalue weighted by Crippen LogP contribution is 2.24. The Kier molecular flexibility index (Phi) is 3.22. The molecule has 0 radical (unpaired) electrons. The van der Waals surface area contributed by atoms with Crippen LogP contribution >= 0.6 is 11.3 Å². The van der Waals surface area contributed by atoms with Crippen LogP contribution in [-0.4, -0.2) is 15.1 Å². The Bertz CT molecular complexity index is 507. The fourth-order valence-electron chi connectivity index (χ4n) is 1.63. The largest absolute Gasteiger partial charge is 0.383 e. The summed E-state index contributed by atoms with van der Waals surface area (Å²) in [6, 6.07) is 2.79. The second-order valence-electron chi connectivity index (χ2n) is 4.17. The van der Waals surface area contributed by atoms with Crippen LogP contribution in [0.3, 0.4) is 0 Å². The van der Waals surface area contributed by atoms with Gasteiger partial charge in [-0.1, -0.05) is 0 Å². The molecule has 0 aliphatic rings. The first-order chi connectivity index (χ1) is 7.97. The molecule has 1 unspecified atom stereocenters. The van der Waals surface area contributed by atoms with Crippen LogP contribution in [0.4, 0.5) is 4.39 Å². The predicted octanol–water partition coefficient (Wildman–Crippen LogP) is 2.44. The topological polar surface area (TPSA) is 46.0 Å². The van der Waals surface area contributed by atoms with Gasteiger partial charge < -0.3 is 5.11 Å². The second-order valence-corrected chi connectivity index (χ2v) is 5.23. The summed E-state index contributed by atoms with van der Waals surface area (Å²) in [5, 5.41) is 13.2. The maximum atomic E-state index is 12.8. The molecule has 1 atom stereocenters. The number of hydrogen-bond donors (Lipinski definition) is 1. The van der Waals surface area contributed by atoms with E-state index in [1.54, 1.807) is 18.3 Å². The van der Waals surface area contributed by atoms with E-state index in [1.165, 1.54) is 12.1 Å². The SMILES string of the molecule is Cc1nc(CC(C)(O)c2ccc(F)cn2)cs1. The van der Waals surface area contributed by atoms with Crippen LogP contribution in [0.2, 0.25) is 0 Å². The highest BCUT2D eigenvalue weighted by molar-refractivity contribution is 7.09. The van der Waals surface area contributed by atoms with Gasteiger partial charge in [-0.3, -0.25) is 4.98 Å². The second kappa shape index (κ2) is 4.50. The molecule has 0 spiro atoms. The summed E-state index contributed by atoms with van der Waals surface area (Å²) in [7, 11) is 0. The summed E-state index contributed by atoms with van der Waals surface area (Å²) in [5.41, 5.74) is 0.141. The standard InChI is InChI=1S/C12H13FN2OS/c1-8-15-10(7-17-8)5-12(2,16)11-4-3-9(13)6-14-11/h3-4,6-7,16H,5H2,1-2H3. The molecule has 90 valence electrons. The van der Waals surface area contributed by atoms with Gasteiger partial charge in [0.2, 0.25) is 0 Å². The maximum absolute atomic E-state index is 12.8. The molecule has 0 aliphatic carbocycles. The lowest BCUT2D eigenvalue weighted by Gasteiger charge is -2.21. The first kappa shape index (κ1) is 12.1. The average molecular weight is 252 g/mol. The molecule has 0 saturated heterocycles. The number of aromatic nitrogens is 2. The van der Waals surface area contributed by atoms with Gasteiger partial charge in [0.05, 0.1) is 22.6 Å². The van der Waals surface area contributed by atoms with Crippen LogP contribution in [0.25, 0.3) is 0 Å². The Labute approximate surface area is 103 Å². The third kappa shape index (κ3) is 2.87. The summed E-state index contributed by atoms with van der Waals surface area (Å²) in [6.07, 6.45) is 1.48. The molecule has 0 amide bonds. The molecular formula is C12H13FN2OS. The quantitative estimate of drug-likeness (QED) is 0.912. The minimum Gasteiger partial charge on any atom is -0.383 e. The lowest BCUT2D eigenvalue weighted by Crippen LogP contribution is -2.25. The van der Waals surface area contributed by atoms with E-state index in [0.717, 1.165) is 16.9 Å². The van der Waals surface area contributed by atoms with Crippen molar-refractivity contribution in [3.63, 3.8) is 0 Å². The molecule has 2 rings (SSSR count). The minimum absolute atomic E-state index is 0.371. The van der Waals surface area contributed by atoms with Crippen molar-refractivity contribution in [3.05, 3.63) is 45.9 Å². The molecule has 0 fully saturated rings. The minimum atomic E-state index is -1.13. The van der Waals surface area contributed by atoms with Gasteiger partial charge in [-0.05, 0) is 26.0 Å². The van der Waals surface area contributed by atoms with E-state index in [4.69, 9.17) is 0 Å². The highest BCUT2D eigenvalue weighted by atomic mass is 32.1. The summed E-state index contributed by atoms with van der Waals surface area (Å²) < 4.78 is 12.8. The number of pyridine rings is 1. The van der Waals surface area contributed by atoms with E-state index in [1.807, 2.05) is 12.3 Å². The van der Waals surface area contributed by atoms with Crippen molar-refractivity contribution in [1.82, 2.24) is 9.97 Å². The number of aliphatic hydroxyl groups is 1. The van der Waals surface area contributed by atoms with Gasteiger partial charge in [-0.25, -0.2) is 9.37 Å². The number of nitrogens with zero attached hydrogens (tertiary/aromatic N) is 2. The zero-order valence-corrected chi connectivity index (χ0v) is 10.5. The summed E-state index contributed by atoms with van der Waals surface area (Å²) in [6.45, 7) is 3.57. The molecule has 2 aromatic heterocycles. The molecular weight excluding hydrogens is 239 g/mol. The van der Waals surface area contributed by atoms with Crippen LogP contribution < -0.4 is 0 Å². The molecule has 0 saturated carbocycles. The fourth-order valence-corrected chi connectivity index (χ4v) is 2.24. The lowest BCUT2D eigenvalue weighted by atomic mass is 9.96. The van der Waals surface area contributed by atoms with Gasteiger partial charge in [-0.2, -0.15) is 0 Å². The molecule has 0 aromatic carbocycles. The molecule has 0 bridgehead atoms. The number of hydrogen-bond acceptors (Lipinski definition) is 4. The van der Waals surface area contributed by atoms with Crippen LogP contribution in [0.1, 0.15) is 23.3 Å². The van der Waals surface area contributed by atoms with Crippen LogP contribution in [0, 0.1) is 12.7 Å². The van der Waals surface area contributed by atoms with Crippen LogP contribution in [-0.2, 0) is 12.0 Å². The normalized spacial score (nSPS) is 14.6. The predicted molar refractivity (Wildman–Crippen MR) is 64.3 cm³/mol. The van der Waals surface area contributed by atoms with Crippen LogP contribution in [0.15, 0.2) is 23.7 Å². The van der Waals surface area contributed by atoms with E-state index >= 15 is 0 Å². The molecule has 3 nitrogen and oxygen atoms in total. The highest BCUT2D eigenvalue weighted by Gasteiger charge is 2.26. The molecule has 5 heteroatoms. The molecule has 1 N–H and O–H groups in total. The Balaban J connectivity index is 2.21. The maximum Gasteiger partial charge on any atom is 0.141 e. The van der Waals surface area contributed by atoms with Gasteiger partial charge in [0, 0.05) is 11.8 Å². The molecule has 0 aliphatic heterocycles. The third-order valence-corrected chi connectivity index (χ3v) is 3.29. The Morgan fingerprint density at radius 3 is 2.76 bits per heavy atom. The summed E-state index contributed by atoms with van der Waals surface area (Å²) in [4.78, 5) is 8.20. The number of halogens is 1. The van der Waals surface area contributed by atoms with Crippen LogP contribution in [0.5, 0.6) is 0 Å². The fraction of sp³-hybridized carbons (Fsp3) is 0.333. The zero-order valence-electron chi connectivity index (χ0n) is 9.64. The van der Waals surface area contributed by atoms with Crippen molar-refractivity contribution in [1.29, 1.82) is 0 Å². The smallest absolute Gasteiger partial charge is 0.141 e. The average Bonchev–Trinajstić information content (AvgIpc) is 2.63. The Hall–Kier alpha value is -1.33. The lowest BCUT2D eigenvalue weighted by molar-refractivity contribution is 0.0520. The van der Waals surface area contributed by atoms with Gasteiger partial charge >= 0.3 is 0 Å². The summed E-state index contributed by atoms with van der Waals surface area (Å²) in [5.74, 6) is -0.408.